The number of para-hydroxylation sites is 1. The predicted molar refractivity (Wildman–Crippen MR) is 85.7 cm³/mol. The Morgan fingerprint density at radius 3 is 2.39 bits per heavy atom. The van der Waals surface area contributed by atoms with Crippen molar-refractivity contribution < 1.29 is 19.1 Å². The number of hydrogen-bond donors (Lipinski definition) is 1. The fraction of sp³-hybridized carbons (Fsp3) is 0.222. The first-order valence-electron chi connectivity index (χ1n) is 7.43. The van der Waals surface area contributed by atoms with Crippen molar-refractivity contribution in [1.82, 2.24) is 0 Å². The van der Waals surface area contributed by atoms with Crippen molar-refractivity contribution in [3.05, 3.63) is 54.1 Å². The number of nitrogens with one attached hydrogen (secondary N) is 1. The number of ether oxygens (including phenoxy) is 2. The summed E-state index contributed by atoms with van der Waals surface area (Å²) in [6.45, 7) is 0. The summed E-state index contributed by atoms with van der Waals surface area (Å²) in [4.78, 5) is 23.9. The van der Waals surface area contributed by atoms with Gasteiger partial charge in [-0.05, 0) is 49.2 Å². The zero-order valence-corrected chi connectivity index (χ0v) is 12.7. The van der Waals surface area contributed by atoms with Crippen molar-refractivity contribution >= 4 is 17.6 Å². The van der Waals surface area contributed by atoms with E-state index < -0.39 is 0 Å². The zero-order valence-electron chi connectivity index (χ0n) is 12.7. The molecule has 3 rings (SSSR count). The molecule has 1 N–H and O–H groups in total. The van der Waals surface area contributed by atoms with Gasteiger partial charge >= 0.3 is 5.97 Å². The topological polar surface area (TPSA) is 64.6 Å². The molecule has 23 heavy (non-hydrogen) atoms. The first-order valence-corrected chi connectivity index (χ1v) is 7.43. The Morgan fingerprint density at radius 2 is 1.74 bits per heavy atom. The lowest BCUT2D eigenvalue weighted by Crippen LogP contribution is -2.13. The normalized spacial score (nSPS) is 13.3. The van der Waals surface area contributed by atoms with Crippen LogP contribution in [0.3, 0.4) is 0 Å². The van der Waals surface area contributed by atoms with Gasteiger partial charge in [-0.25, -0.2) is 0 Å². The van der Waals surface area contributed by atoms with Crippen LogP contribution in [0.4, 0.5) is 5.69 Å². The number of hydrogen-bond acceptors (Lipinski definition) is 4. The SMILES string of the molecule is COc1ccccc1C(=O)Nc1ccc(OC(=O)C2CC2)cc1. The van der Waals surface area contributed by atoms with Gasteiger partial charge in [0.05, 0.1) is 18.6 Å². The molecule has 5 nitrogen and oxygen atoms in total. The van der Waals surface area contributed by atoms with Gasteiger partial charge in [0.25, 0.3) is 5.91 Å². The average molecular weight is 311 g/mol. The molecule has 0 heterocycles. The number of esters is 1. The van der Waals surface area contributed by atoms with E-state index in [1.165, 1.54) is 7.11 Å². The Balaban J connectivity index is 1.65. The van der Waals surface area contributed by atoms with E-state index in [2.05, 4.69) is 5.32 Å². The lowest BCUT2D eigenvalue weighted by Gasteiger charge is -2.09. The van der Waals surface area contributed by atoms with E-state index in [1.807, 2.05) is 0 Å². The molecule has 0 saturated heterocycles. The van der Waals surface area contributed by atoms with E-state index in [4.69, 9.17) is 9.47 Å². The summed E-state index contributed by atoms with van der Waals surface area (Å²) in [5.41, 5.74) is 1.08. The molecule has 0 atom stereocenters. The zero-order chi connectivity index (χ0) is 16.2. The molecule has 1 aliphatic carbocycles. The summed E-state index contributed by atoms with van der Waals surface area (Å²) in [7, 11) is 1.52. The molecular weight excluding hydrogens is 294 g/mol. The van der Waals surface area contributed by atoms with Crippen molar-refractivity contribution in [2.24, 2.45) is 5.92 Å². The Hall–Kier alpha value is -2.82. The average Bonchev–Trinajstić information content (AvgIpc) is 3.41. The first kappa shape index (κ1) is 15.1. The van der Waals surface area contributed by atoms with Crippen molar-refractivity contribution in [3.63, 3.8) is 0 Å². The highest BCUT2D eigenvalue weighted by molar-refractivity contribution is 6.06. The molecular formula is C18H17NO4. The van der Waals surface area contributed by atoms with Crippen LogP contribution in [0, 0.1) is 5.92 Å². The maximum Gasteiger partial charge on any atom is 0.314 e. The molecule has 0 spiro atoms. The summed E-state index contributed by atoms with van der Waals surface area (Å²) in [5.74, 6) is 0.609. The van der Waals surface area contributed by atoms with Crippen molar-refractivity contribution in [2.75, 3.05) is 12.4 Å². The molecule has 5 heteroatoms. The standard InChI is InChI=1S/C18H17NO4/c1-22-16-5-3-2-4-15(16)17(20)19-13-8-10-14(11-9-13)23-18(21)12-6-7-12/h2-5,8-12H,6-7H2,1H3,(H,19,20). The quantitative estimate of drug-likeness (QED) is 0.680. The van der Waals surface area contributed by atoms with Crippen LogP contribution in [-0.2, 0) is 4.79 Å². The van der Waals surface area contributed by atoms with Crippen LogP contribution in [0.15, 0.2) is 48.5 Å². The minimum atomic E-state index is -0.259. The van der Waals surface area contributed by atoms with Gasteiger partial charge in [0.2, 0.25) is 0 Å². The first-order chi connectivity index (χ1) is 11.2. The van der Waals surface area contributed by atoms with Crippen LogP contribution in [0.5, 0.6) is 11.5 Å². The van der Waals surface area contributed by atoms with Crippen LogP contribution in [0.1, 0.15) is 23.2 Å². The summed E-state index contributed by atoms with van der Waals surface area (Å²) in [5, 5.41) is 2.79. The second-order valence-corrected chi connectivity index (χ2v) is 5.37. The molecule has 0 aliphatic heterocycles. The van der Waals surface area contributed by atoms with Crippen molar-refractivity contribution in [3.8, 4) is 11.5 Å². The monoisotopic (exact) mass is 311 g/mol. The Labute approximate surface area is 134 Å². The summed E-state index contributed by atoms with van der Waals surface area (Å²) in [6.07, 6.45) is 1.82. The third-order valence-corrected chi connectivity index (χ3v) is 3.59. The molecule has 0 bridgehead atoms. The van der Waals surface area contributed by atoms with Crippen LogP contribution in [0.25, 0.3) is 0 Å². The lowest BCUT2D eigenvalue weighted by molar-refractivity contribution is -0.135. The van der Waals surface area contributed by atoms with Gasteiger partial charge in [-0.15, -0.1) is 0 Å². The van der Waals surface area contributed by atoms with Gasteiger partial charge in [0, 0.05) is 5.69 Å². The minimum Gasteiger partial charge on any atom is -0.496 e. The van der Waals surface area contributed by atoms with E-state index in [9.17, 15) is 9.59 Å². The maximum absolute atomic E-state index is 12.3. The van der Waals surface area contributed by atoms with Gasteiger partial charge in [-0.3, -0.25) is 9.59 Å². The fourth-order valence-corrected chi connectivity index (χ4v) is 2.16. The fourth-order valence-electron chi connectivity index (χ4n) is 2.16. The molecule has 1 amide bonds. The number of anilines is 1. The Morgan fingerprint density at radius 1 is 1.04 bits per heavy atom. The van der Waals surface area contributed by atoms with Crippen LogP contribution in [0.2, 0.25) is 0 Å². The van der Waals surface area contributed by atoms with E-state index in [0.29, 0.717) is 22.7 Å². The van der Waals surface area contributed by atoms with Crippen molar-refractivity contribution in [1.29, 1.82) is 0 Å². The highest BCUT2D eigenvalue weighted by Crippen LogP contribution is 2.31. The molecule has 0 radical (unpaired) electrons. The van der Waals surface area contributed by atoms with Crippen LogP contribution >= 0.6 is 0 Å². The molecule has 1 fully saturated rings. The highest BCUT2D eigenvalue weighted by Gasteiger charge is 2.31. The van der Waals surface area contributed by atoms with E-state index >= 15 is 0 Å². The maximum atomic E-state index is 12.3. The van der Waals surface area contributed by atoms with Crippen LogP contribution in [-0.4, -0.2) is 19.0 Å². The Kier molecular flexibility index (Phi) is 4.28. The van der Waals surface area contributed by atoms with Gasteiger partial charge in [-0.2, -0.15) is 0 Å². The van der Waals surface area contributed by atoms with E-state index in [1.54, 1.807) is 48.5 Å². The molecule has 1 saturated carbocycles. The summed E-state index contributed by atoms with van der Waals surface area (Å²) >= 11 is 0. The highest BCUT2D eigenvalue weighted by atomic mass is 16.5. The molecule has 118 valence electrons. The van der Waals surface area contributed by atoms with Crippen molar-refractivity contribution in [2.45, 2.75) is 12.8 Å². The minimum absolute atomic E-state index is 0.0555. The smallest absolute Gasteiger partial charge is 0.314 e. The molecule has 2 aromatic rings. The van der Waals surface area contributed by atoms with E-state index in [0.717, 1.165) is 12.8 Å². The second-order valence-electron chi connectivity index (χ2n) is 5.37. The number of carbonyl (C=O) groups is 2. The Bertz CT molecular complexity index is 720. The molecule has 1 aliphatic rings. The molecule has 0 unspecified atom stereocenters. The molecule has 0 aromatic heterocycles. The third kappa shape index (κ3) is 3.69. The van der Waals surface area contributed by atoms with Gasteiger partial charge in [0.1, 0.15) is 11.5 Å². The van der Waals surface area contributed by atoms with Gasteiger partial charge < -0.3 is 14.8 Å². The number of amides is 1. The lowest BCUT2D eigenvalue weighted by atomic mass is 10.2. The number of carbonyl (C=O) groups excluding carboxylic acids is 2. The predicted octanol–water partition coefficient (Wildman–Crippen LogP) is 3.26. The second kappa shape index (κ2) is 6.52. The summed E-state index contributed by atoms with van der Waals surface area (Å²) < 4.78 is 10.4. The summed E-state index contributed by atoms with van der Waals surface area (Å²) in [6, 6.07) is 13.7. The van der Waals surface area contributed by atoms with Gasteiger partial charge in [-0.1, -0.05) is 12.1 Å². The number of methoxy groups -OCH3 is 1. The van der Waals surface area contributed by atoms with Crippen LogP contribution < -0.4 is 14.8 Å². The third-order valence-electron chi connectivity index (χ3n) is 3.59. The largest absolute Gasteiger partial charge is 0.496 e. The number of benzene rings is 2. The van der Waals surface area contributed by atoms with Gasteiger partial charge in [0.15, 0.2) is 0 Å². The molecule has 2 aromatic carbocycles. The van der Waals surface area contributed by atoms with E-state index in [-0.39, 0.29) is 17.8 Å². The number of rotatable bonds is 5.